The summed E-state index contributed by atoms with van der Waals surface area (Å²) in [4.78, 5) is 12.7. The van der Waals surface area contributed by atoms with E-state index in [4.69, 9.17) is 4.74 Å². The van der Waals surface area contributed by atoms with E-state index in [9.17, 15) is 4.79 Å². The Kier molecular flexibility index (Phi) is 7.30. The number of rotatable bonds is 6. The van der Waals surface area contributed by atoms with Crippen molar-refractivity contribution in [1.82, 2.24) is 0 Å². The van der Waals surface area contributed by atoms with Gasteiger partial charge in [-0.3, -0.25) is 0 Å². The van der Waals surface area contributed by atoms with Crippen molar-refractivity contribution in [2.45, 2.75) is 20.8 Å². The predicted octanol–water partition coefficient (Wildman–Crippen LogP) is 6.02. The molecule has 5 heteroatoms. The van der Waals surface area contributed by atoms with Crippen LogP contribution in [0.4, 0.5) is 16.2 Å². The first-order chi connectivity index (χ1) is 16.4. The number of methoxy groups -OCH3 is 1. The lowest BCUT2D eigenvalue weighted by Crippen LogP contribution is -2.25. The molecule has 4 rings (SSSR count). The number of urea groups is 1. The molecule has 172 valence electrons. The first-order valence-corrected chi connectivity index (χ1v) is 12.5. The summed E-state index contributed by atoms with van der Waals surface area (Å²) in [6, 6.07) is 30.3. The number of carbonyl (C=O) groups is 1. The smallest absolute Gasteiger partial charge is 0.323 e. The summed E-state index contributed by atoms with van der Waals surface area (Å²) < 4.78 is 5.17. The van der Waals surface area contributed by atoms with Gasteiger partial charge in [0.15, 0.2) is 0 Å². The van der Waals surface area contributed by atoms with Crippen LogP contribution in [0.15, 0.2) is 91.0 Å². The van der Waals surface area contributed by atoms with Gasteiger partial charge in [-0.1, -0.05) is 60.2 Å². The summed E-state index contributed by atoms with van der Waals surface area (Å²) in [6.07, 6.45) is 0. The molecule has 0 bridgehead atoms. The highest BCUT2D eigenvalue weighted by atomic mass is 31.1. The molecule has 0 saturated carbocycles. The van der Waals surface area contributed by atoms with Crippen molar-refractivity contribution in [3.63, 3.8) is 0 Å². The molecule has 4 aromatic carbocycles. The van der Waals surface area contributed by atoms with Crippen LogP contribution < -0.4 is 31.3 Å². The van der Waals surface area contributed by atoms with Gasteiger partial charge in [0.25, 0.3) is 0 Å². The fourth-order valence-corrected chi connectivity index (χ4v) is 6.82. The van der Waals surface area contributed by atoms with Crippen LogP contribution >= 0.6 is 7.92 Å². The molecule has 1 atom stereocenters. The molecule has 0 aliphatic carbocycles. The van der Waals surface area contributed by atoms with Gasteiger partial charge in [-0.2, -0.15) is 0 Å². The molecular weight excluding hydrogens is 439 g/mol. The van der Waals surface area contributed by atoms with Gasteiger partial charge in [0.2, 0.25) is 0 Å². The van der Waals surface area contributed by atoms with Crippen molar-refractivity contribution in [1.29, 1.82) is 0 Å². The highest BCUT2D eigenvalue weighted by molar-refractivity contribution is 7.80. The van der Waals surface area contributed by atoms with E-state index in [-0.39, 0.29) is 6.03 Å². The molecular formula is C29H29N2O2P. The Balaban J connectivity index is 1.64. The van der Waals surface area contributed by atoms with Crippen molar-refractivity contribution >= 4 is 41.2 Å². The lowest BCUT2D eigenvalue weighted by molar-refractivity contribution is 0.262. The SMILES string of the molecule is COc1ccc(NC(=O)Nc2cccc(P(c3ccccc3)c3c(C)cc(C)cc3C)c2)cc1. The van der Waals surface area contributed by atoms with Crippen LogP contribution in [0.3, 0.4) is 0 Å². The minimum absolute atomic E-state index is 0.283. The average Bonchev–Trinajstić information content (AvgIpc) is 2.82. The molecule has 0 heterocycles. The number of aryl methyl sites for hydroxylation is 3. The third-order valence-corrected chi connectivity index (χ3v) is 8.35. The fourth-order valence-electron chi connectivity index (χ4n) is 4.20. The maximum atomic E-state index is 12.7. The van der Waals surface area contributed by atoms with Gasteiger partial charge < -0.3 is 15.4 Å². The Morgan fingerprint density at radius 1 is 0.706 bits per heavy atom. The van der Waals surface area contributed by atoms with E-state index in [1.807, 2.05) is 42.5 Å². The molecule has 0 saturated heterocycles. The maximum Gasteiger partial charge on any atom is 0.323 e. The van der Waals surface area contributed by atoms with E-state index in [1.54, 1.807) is 7.11 Å². The molecule has 0 radical (unpaired) electrons. The largest absolute Gasteiger partial charge is 0.497 e. The van der Waals surface area contributed by atoms with Crippen LogP contribution in [0.5, 0.6) is 5.75 Å². The zero-order valence-corrected chi connectivity index (χ0v) is 20.8. The zero-order chi connectivity index (χ0) is 24.1. The normalized spacial score (nSPS) is 11.5. The Hall–Kier alpha value is -3.62. The number of nitrogens with one attached hydrogen (secondary N) is 2. The summed E-state index contributed by atoms with van der Waals surface area (Å²) in [5.41, 5.74) is 5.32. The molecule has 4 nitrogen and oxygen atoms in total. The lowest BCUT2D eigenvalue weighted by Gasteiger charge is -2.24. The maximum absolute atomic E-state index is 12.7. The van der Waals surface area contributed by atoms with Gasteiger partial charge in [0, 0.05) is 11.4 Å². The van der Waals surface area contributed by atoms with E-state index in [1.165, 1.54) is 32.6 Å². The second-order valence-corrected chi connectivity index (χ2v) is 10.4. The van der Waals surface area contributed by atoms with Crippen molar-refractivity contribution in [3.8, 4) is 5.75 Å². The van der Waals surface area contributed by atoms with Crippen LogP contribution in [-0.2, 0) is 0 Å². The van der Waals surface area contributed by atoms with Crippen molar-refractivity contribution < 1.29 is 9.53 Å². The molecule has 1 unspecified atom stereocenters. The average molecular weight is 469 g/mol. The number of hydrogen-bond donors (Lipinski definition) is 2. The summed E-state index contributed by atoms with van der Waals surface area (Å²) in [6.45, 7) is 6.52. The summed E-state index contributed by atoms with van der Waals surface area (Å²) in [7, 11) is 0.836. The van der Waals surface area contributed by atoms with Crippen LogP contribution in [0.1, 0.15) is 16.7 Å². The Labute approximate surface area is 202 Å². The van der Waals surface area contributed by atoms with Crippen molar-refractivity contribution in [2.75, 3.05) is 17.7 Å². The van der Waals surface area contributed by atoms with Crippen molar-refractivity contribution in [3.05, 3.63) is 108 Å². The second-order valence-electron chi connectivity index (χ2n) is 8.28. The number of hydrogen-bond acceptors (Lipinski definition) is 2. The fraction of sp³-hybridized carbons (Fsp3) is 0.138. The predicted molar refractivity (Wildman–Crippen MR) is 145 cm³/mol. The van der Waals surface area contributed by atoms with Crippen LogP contribution in [0, 0.1) is 20.8 Å². The lowest BCUT2D eigenvalue weighted by atomic mass is 10.1. The summed E-state index contributed by atoms with van der Waals surface area (Å²) in [5, 5.41) is 9.71. The first kappa shape index (κ1) is 23.5. The van der Waals surface area contributed by atoms with E-state index >= 15 is 0 Å². The number of carbonyl (C=O) groups excluding carboxylic acids is 1. The molecule has 0 fully saturated rings. The van der Waals surface area contributed by atoms with Gasteiger partial charge in [-0.25, -0.2) is 4.79 Å². The van der Waals surface area contributed by atoms with E-state index in [0.717, 1.165) is 11.4 Å². The zero-order valence-electron chi connectivity index (χ0n) is 19.9. The number of anilines is 2. The van der Waals surface area contributed by atoms with Gasteiger partial charge in [0.1, 0.15) is 5.75 Å². The summed E-state index contributed by atoms with van der Waals surface area (Å²) >= 11 is 0. The quantitative estimate of drug-likeness (QED) is 0.340. The Bertz CT molecular complexity index is 1260. The topological polar surface area (TPSA) is 50.4 Å². The number of ether oxygens (including phenoxy) is 1. The molecule has 0 aromatic heterocycles. The van der Waals surface area contributed by atoms with E-state index in [0.29, 0.717) is 5.69 Å². The first-order valence-electron chi connectivity index (χ1n) is 11.2. The Morgan fingerprint density at radius 3 is 1.97 bits per heavy atom. The molecule has 2 N–H and O–H groups in total. The molecule has 4 aromatic rings. The highest BCUT2D eigenvalue weighted by Crippen LogP contribution is 2.36. The highest BCUT2D eigenvalue weighted by Gasteiger charge is 2.21. The van der Waals surface area contributed by atoms with Crippen molar-refractivity contribution in [2.24, 2.45) is 0 Å². The second kappa shape index (κ2) is 10.5. The van der Waals surface area contributed by atoms with E-state index in [2.05, 4.69) is 79.9 Å². The molecule has 34 heavy (non-hydrogen) atoms. The van der Waals surface area contributed by atoms with Gasteiger partial charge in [-0.15, -0.1) is 0 Å². The molecule has 0 spiro atoms. The standard InChI is InChI=1S/C29H29N2O2P/c1-20-17-21(2)28(22(3)18-20)34(26-10-6-5-7-11-26)27-12-8-9-24(19-27)31-29(32)30-23-13-15-25(33-4)16-14-23/h5-19H,1-4H3,(H2,30,31,32). The number of amides is 2. The number of benzene rings is 4. The van der Waals surface area contributed by atoms with E-state index < -0.39 is 7.92 Å². The third kappa shape index (κ3) is 5.47. The van der Waals surface area contributed by atoms with Gasteiger partial charge in [0.05, 0.1) is 7.11 Å². The molecule has 0 aliphatic rings. The minimum Gasteiger partial charge on any atom is -0.497 e. The van der Waals surface area contributed by atoms with Crippen LogP contribution in [-0.4, -0.2) is 13.1 Å². The van der Waals surface area contributed by atoms with Gasteiger partial charge in [-0.05, 0) is 92.1 Å². The van der Waals surface area contributed by atoms with Gasteiger partial charge >= 0.3 is 6.03 Å². The third-order valence-electron chi connectivity index (χ3n) is 5.58. The molecule has 2 amide bonds. The van der Waals surface area contributed by atoms with Crippen LogP contribution in [0.2, 0.25) is 0 Å². The van der Waals surface area contributed by atoms with Crippen LogP contribution in [0.25, 0.3) is 0 Å². The minimum atomic E-state index is -0.781. The summed E-state index contributed by atoms with van der Waals surface area (Å²) in [5.74, 6) is 0.745. The molecule has 0 aliphatic heterocycles. The Morgan fingerprint density at radius 2 is 1.32 bits per heavy atom. The monoisotopic (exact) mass is 468 g/mol.